The van der Waals surface area contributed by atoms with E-state index in [0.717, 1.165) is 11.3 Å². The predicted molar refractivity (Wildman–Crippen MR) is 122 cm³/mol. The van der Waals surface area contributed by atoms with E-state index >= 15 is 0 Å². The molecule has 2 amide bonds. The number of piperazine rings is 1. The van der Waals surface area contributed by atoms with Gasteiger partial charge in [-0.05, 0) is 42.7 Å². The molecule has 0 radical (unpaired) electrons. The lowest BCUT2D eigenvalue weighted by atomic mass is 9.81. The first-order chi connectivity index (χ1) is 15.7. The van der Waals surface area contributed by atoms with Gasteiger partial charge in [0.15, 0.2) is 0 Å². The van der Waals surface area contributed by atoms with Crippen molar-refractivity contribution in [2.24, 2.45) is 0 Å². The fraction of sp³-hybridized carbons (Fsp3) is 0.308. The molecule has 6 heteroatoms. The quantitative estimate of drug-likeness (QED) is 0.675. The minimum atomic E-state index is -0.859. The third-order valence-corrected chi connectivity index (χ3v) is 6.70. The molecule has 6 nitrogen and oxygen atoms in total. The highest BCUT2D eigenvalue weighted by atomic mass is 16.3. The average Bonchev–Trinajstić information content (AvgIpc) is 3.35. The van der Waals surface area contributed by atoms with E-state index < -0.39 is 11.6 Å². The highest BCUT2D eigenvalue weighted by Gasteiger charge is 2.53. The second-order valence-electron chi connectivity index (χ2n) is 8.57. The van der Waals surface area contributed by atoms with Crippen molar-refractivity contribution in [2.45, 2.75) is 37.4 Å². The van der Waals surface area contributed by atoms with Crippen LogP contribution in [0.5, 0.6) is 0 Å². The van der Waals surface area contributed by atoms with Gasteiger partial charge in [0.1, 0.15) is 17.3 Å². The Kier molecular flexibility index (Phi) is 5.43. The van der Waals surface area contributed by atoms with Crippen LogP contribution >= 0.6 is 0 Å². The van der Waals surface area contributed by atoms with E-state index in [4.69, 9.17) is 4.42 Å². The summed E-state index contributed by atoms with van der Waals surface area (Å²) >= 11 is 0. The molecule has 1 unspecified atom stereocenters. The van der Waals surface area contributed by atoms with Crippen LogP contribution in [0.4, 0.5) is 5.69 Å². The molecule has 32 heavy (non-hydrogen) atoms. The van der Waals surface area contributed by atoms with Crippen molar-refractivity contribution in [3.05, 3.63) is 90.4 Å². The second kappa shape index (κ2) is 8.54. The number of anilines is 1. The lowest BCUT2D eigenvalue weighted by Crippen LogP contribution is -2.72. The smallest absolute Gasteiger partial charge is 0.246 e. The summed E-state index contributed by atoms with van der Waals surface area (Å²) in [5, 5.41) is 3.06. The molecule has 3 heterocycles. The molecule has 5 rings (SSSR count). The number of piperidine rings is 1. The number of nitrogens with zero attached hydrogens (tertiary/aromatic N) is 2. The molecule has 2 aromatic carbocycles. The van der Waals surface area contributed by atoms with Crippen LogP contribution in [0, 0.1) is 0 Å². The van der Waals surface area contributed by atoms with Crippen molar-refractivity contribution in [3.63, 3.8) is 0 Å². The maximum absolute atomic E-state index is 13.7. The number of nitrogens with one attached hydrogen (secondary N) is 1. The van der Waals surface area contributed by atoms with Crippen molar-refractivity contribution in [2.75, 3.05) is 18.0 Å². The zero-order valence-electron chi connectivity index (χ0n) is 17.9. The van der Waals surface area contributed by atoms with Crippen LogP contribution in [0.15, 0.2) is 83.5 Å². The first kappa shape index (κ1) is 20.4. The Morgan fingerprint density at radius 2 is 1.59 bits per heavy atom. The number of hydrogen-bond acceptors (Lipinski definition) is 4. The summed E-state index contributed by atoms with van der Waals surface area (Å²) in [5.74, 6) is 0.590. The van der Waals surface area contributed by atoms with E-state index in [9.17, 15) is 9.59 Å². The van der Waals surface area contributed by atoms with Crippen molar-refractivity contribution >= 4 is 17.5 Å². The largest absolute Gasteiger partial charge is 0.467 e. The minimum absolute atomic E-state index is 0.0435. The zero-order valence-corrected chi connectivity index (χ0v) is 17.9. The van der Waals surface area contributed by atoms with Crippen molar-refractivity contribution in [1.29, 1.82) is 0 Å². The lowest BCUT2D eigenvalue weighted by Gasteiger charge is -2.51. The molecule has 1 atom stereocenters. The fourth-order valence-electron chi connectivity index (χ4n) is 4.92. The Morgan fingerprint density at radius 3 is 2.25 bits per heavy atom. The van der Waals surface area contributed by atoms with Gasteiger partial charge in [-0.3, -0.25) is 9.59 Å². The Morgan fingerprint density at radius 1 is 0.906 bits per heavy atom. The third-order valence-electron chi connectivity index (χ3n) is 6.70. The molecular weight excluding hydrogens is 402 g/mol. The molecule has 1 N–H and O–H groups in total. The monoisotopic (exact) mass is 429 g/mol. The number of rotatable bonds is 5. The van der Waals surface area contributed by atoms with Gasteiger partial charge in [-0.25, -0.2) is 0 Å². The molecule has 2 fully saturated rings. The normalized spacial score (nSPS) is 20.4. The molecule has 0 bridgehead atoms. The van der Waals surface area contributed by atoms with Crippen molar-refractivity contribution in [3.8, 4) is 0 Å². The van der Waals surface area contributed by atoms with Crippen LogP contribution in [0.3, 0.4) is 0 Å². The predicted octanol–water partition coefficient (Wildman–Crippen LogP) is 3.39. The highest BCUT2D eigenvalue weighted by Crippen LogP contribution is 2.36. The molecule has 3 aromatic rings. The SMILES string of the molecule is O=C1C(Cc2ccccc2)NC(=O)C2(CCN(c3ccccc3)CC2)N1Cc1ccco1. The topological polar surface area (TPSA) is 65.8 Å². The fourth-order valence-corrected chi connectivity index (χ4v) is 4.92. The van der Waals surface area contributed by atoms with Gasteiger partial charge in [-0.1, -0.05) is 48.5 Å². The Bertz CT molecular complexity index is 1060. The molecule has 2 aliphatic rings. The molecule has 164 valence electrons. The maximum atomic E-state index is 13.7. The van der Waals surface area contributed by atoms with E-state index in [0.29, 0.717) is 44.7 Å². The number of furan rings is 1. The molecule has 2 aliphatic heterocycles. The van der Waals surface area contributed by atoms with Crippen LogP contribution in [0.25, 0.3) is 0 Å². The van der Waals surface area contributed by atoms with E-state index in [1.54, 1.807) is 11.2 Å². The molecule has 0 aliphatic carbocycles. The minimum Gasteiger partial charge on any atom is -0.467 e. The molecule has 0 saturated carbocycles. The van der Waals surface area contributed by atoms with E-state index in [1.807, 2.05) is 60.7 Å². The van der Waals surface area contributed by atoms with Crippen molar-refractivity contribution in [1.82, 2.24) is 10.2 Å². The molecule has 2 saturated heterocycles. The van der Waals surface area contributed by atoms with Gasteiger partial charge < -0.3 is 19.5 Å². The van der Waals surface area contributed by atoms with Gasteiger partial charge in [-0.15, -0.1) is 0 Å². The number of amides is 2. The first-order valence-electron chi connectivity index (χ1n) is 11.1. The van der Waals surface area contributed by atoms with E-state index in [2.05, 4.69) is 22.3 Å². The van der Waals surface area contributed by atoms with Crippen LogP contribution in [-0.2, 0) is 22.6 Å². The van der Waals surface area contributed by atoms with Crippen molar-refractivity contribution < 1.29 is 14.0 Å². The van der Waals surface area contributed by atoms with Gasteiger partial charge in [0.05, 0.1) is 12.8 Å². The van der Waals surface area contributed by atoms with Crippen LogP contribution in [0.2, 0.25) is 0 Å². The van der Waals surface area contributed by atoms with Gasteiger partial charge in [0.2, 0.25) is 11.8 Å². The summed E-state index contributed by atoms with van der Waals surface area (Å²) in [6, 6.07) is 23.1. The Balaban J connectivity index is 1.41. The molecular formula is C26H27N3O3. The van der Waals surface area contributed by atoms with Gasteiger partial charge in [0.25, 0.3) is 0 Å². The summed E-state index contributed by atoms with van der Waals surface area (Å²) < 4.78 is 5.56. The van der Waals surface area contributed by atoms with E-state index in [-0.39, 0.29) is 11.8 Å². The highest BCUT2D eigenvalue weighted by molar-refractivity contribution is 6.00. The summed E-state index contributed by atoms with van der Waals surface area (Å²) in [7, 11) is 0. The zero-order chi connectivity index (χ0) is 22.0. The summed E-state index contributed by atoms with van der Waals surface area (Å²) in [4.78, 5) is 31.3. The molecule has 1 spiro atoms. The van der Waals surface area contributed by atoms with Crippen LogP contribution < -0.4 is 10.2 Å². The van der Waals surface area contributed by atoms with Gasteiger partial charge in [-0.2, -0.15) is 0 Å². The lowest BCUT2D eigenvalue weighted by molar-refractivity contribution is -0.160. The van der Waals surface area contributed by atoms with Gasteiger partial charge >= 0.3 is 0 Å². The Labute approximate surface area is 187 Å². The van der Waals surface area contributed by atoms with Crippen LogP contribution in [-0.4, -0.2) is 41.4 Å². The number of para-hydroxylation sites is 1. The summed E-state index contributed by atoms with van der Waals surface area (Å²) in [5.41, 5.74) is 1.31. The first-order valence-corrected chi connectivity index (χ1v) is 11.1. The average molecular weight is 430 g/mol. The number of hydrogen-bond donors (Lipinski definition) is 1. The third kappa shape index (κ3) is 3.77. The number of carbonyl (C=O) groups excluding carboxylic acids is 2. The summed E-state index contributed by atoms with van der Waals surface area (Å²) in [6.45, 7) is 1.72. The Hall–Kier alpha value is -3.54. The van der Waals surface area contributed by atoms with E-state index in [1.165, 1.54) is 0 Å². The molecule has 1 aromatic heterocycles. The maximum Gasteiger partial charge on any atom is 0.246 e. The second-order valence-corrected chi connectivity index (χ2v) is 8.57. The standard InChI is InChI=1S/C26H27N3O3/c30-24-23(18-20-8-3-1-4-9-20)27-25(31)26(29(24)19-22-12-7-17-32-22)13-15-28(16-14-26)21-10-5-2-6-11-21/h1-12,17,23H,13-16,18-19H2,(H,27,31). The number of benzene rings is 2. The van der Waals surface area contributed by atoms with Crippen LogP contribution in [0.1, 0.15) is 24.2 Å². The summed E-state index contributed by atoms with van der Waals surface area (Å²) in [6.07, 6.45) is 3.25. The van der Waals surface area contributed by atoms with Gasteiger partial charge in [0, 0.05) is 25.2 Å². The number of carbonyl (C=O) groups is 2.